The molecule has 0 saturated carbocycles. The number of piperidine rings is 1. The maximum Gasteiger partial charge on any atom is 0.411 e. The molecule has 3 aliphatic rings. The first-order chi connectivity index (χ1) is 13.7. The summed E-state index contributed by atoms with van der Waals surface area (Å²) >= 11 is 5.56. The number of hydrogen-bond acceptors (Lipinski definition) is 4. The van der Waals surface area contributed by atoms with Crippen LogP contribution in [0.1, 0.15) is 30.0 Å². The number of hydrogen-bond donors (Lipinski definition) is 1. The molecule has 5 rings (SSSR count). The first-order valence-corrected chi connectivity index (χ1v) is 10.1. The Kier molecular flexibility index (Phi) is 4.39. The number of pyridine rings is 1. The molecule has 0 spiro atoms. The van der Waals surface area contributed by atoms with E-state index in [0.29, 0.717) is 5.11 Å². The van der Waals surface area contributed by atoms with Gasteiger partial charge in [0.1, 0.15) is 6.10 Å². The lowest BCUT2D eigenvalue weighted by Gasteiger charge is -2.38. The Morgan fingerprint density at radius 1 is 1.18 bits per heavy atom. The average molecular weight is 395 g/mol. The summed E-state index contributed by atoms with van der Waals surface area (Å²) in [7, 11) is 0. The minimum absolute atomic E-state index is 0.0451. The third-order valence-corrected chi connectivity index (χ3v) is 6.33. The van der Waals surface area contributed by atoms with Crippen molar-refractivity contribution in [2.45, 2.75) is 37.5 Å². The molecule has 0 radical (unpaired) electrons. The summed E-state index contributed by atoms with van der Waals surface area (Å²) in [6, 6.07) is 12.5. The minimum atomic E-state index is -0.168. The van der Waals surface area contributed by atoms with Gasteiger partial charge in [-0.25, -0.2) is 4.79 Å². The zero-order chi connectivity index (χ0) is 19.1. The highest BCUT2D eigenvalue weighted by Crippen LogP contribution is 2.44. The second-order valence-electron chi connectivity index (χ2n) is 7.57. The van der Waals surface area contributed by atoms with Crippen LogP contribution in [0.25, 0.3) is 0 Å². The maximum atomic E-state index is 12.6. The van der Waals surface area contributed by atoms with E-state index in [4.69, 9.17) is 17.0 Å². The predicted octanol–water partition coefficient (Wildman–Crippen LogP) is 3.36. The molecule has 2 aromatic rings. The summed E-state index contributed by atoms with van der Waals surface area (Å²) in [5.74, 6) is 0. The molecule has 1 N–H and O–H groups in total. The number of amides is 1. The lowest BCUT2D eigenvalue weighted by molar-refractivity contribution is 0.118. The van der Waals surface area contributed by atoms with Gasteiger partial charge in [-0.05, 0) is 48.3 Å². The van der Waals surface area contributed by atoms with Gasteiger partial charge >= 0.3 is 6.09 Å². The van der Waals surface area contributed by atoms with E-state index in [9.17, 15) is 4.79 Å². The summed E-state index contributed by atoms with van der Waals surface area (Å²) in [4.78, 5) is 20.9. The topological polar surface area (TPSA) is 57.7 Å². The molecule has 1 aromatic heterocycles. The van der Waals surface area contributed by atoms with E-state index in [1.165, 1.54) is 11.1 Å². The number of nitrogens with one attached hydrogen (secondary N) is 1. The van der Waals surface area contributed by atoms with Crippen molar-refractivity contribution in [3.8, 4) is 0 Å². The van der Waals surface area contributed by atoms with Crippen molar-refractivity contribution in [3.63, 3.8) is 0 Å². The van der Waals surface area contributed by atoms with Crippen molar-refractivity contribution >= 4 is 29.1 Å². The Hall–Kier alpha value is -2.67. The second-order valence-corrected chi connectivity index (χ2v) is 7.95. The Balaban J connectivity index is 1.25. The number of rotatable bonds is 2. The summed E-state index contributed by atoms with van der Waals surface area (Å²) in [5.41, 5.74) is 3.44. The van der Waals surface area contributed by atoms with Crippen molar-refractivity contribution in [1.82, 2.24) is 14.8 Å². The number of thiocarbonyl (C=S) groups is 1. The van der Waals surface area contributed by atoms with Gasteiger partial charge in [0.25, 0.3) is 0 Å². The third kappa shape index (κ3) is 2.99. The maximum absolute atomic E-state index is 12.6. The van der Waals surface area contributed by atoms with Crippen LogP contribution in [-0.2, 0) is 11.2 Å². The van der Waals surface area contributed by atoms with Crippen LogP contribution in [0.4, 0.5) is 10.5 Å². The molecule has 1 amide bonds. The smallest absolute Gasteiger partial charge is 0.411 e. The molecule has 3 heterocycles. The first kappa shape index (κ1) is 17.4. The molecule has 6 nitrogen and oxygen atoms in total. The van der Waals surface area contributed by atoms with Crippen molar-refractivity contribution in [3.05, 3.63) is 59.9 Å². The quantitative estimate of drug-likeness (QED) is 0.789. The zero-order valence-electron chi connectivity index (χ0n) is 15.5. The highest BCUT2D eigenvalue weighted by molar-refractivity contribution is 7.80. The lowest BCUT2D eigenvalue weighted by Crippen LogP contribution is -2.48. The van der Waals surface area contributed by atoms with Crippen LogP contribution in [-0.4, -0.2) is 51.2 Å². The van der Waals surface area contributed by atoms with Gasteiger partial charge in [0.05, 0.1) is 17.9 Å². The van der Waals surface area contributed by atoms with Crippen molar-refractivity contribution < 1.29 is 9.53 Å². The van der Waals surface area contributed by atoms with E-state index < -0.39 is 0 Å². The molecule has 2 saturated heterocycles. The number of benzene rings is 1. The van der Waals surface area contributed by atoms with Crippen molar-refractivity contribution in [1.29, 1.82) is 0 Å². The van der Waals surface area contributed by atoms with Crippen LogP contribution in [0.15, 0.2) is 48.8 Å². The van der Waals surface area contributed by atoms with Gasteiger partial charge in [0.15, 0.2) is 5.11 Å². The number of fused-ring (bicyclic) bond motifs is 3. The largest absolute Gasteiger partial charge is 0.443 e. The summed E-state index contributed by atoms with van der Waals surface area (Å²) in [6.07, 6.45) is 5.88. The van der Waals surface area contributed by atoms with Crippen LogP contribution in [0.5, 0.6) is 0 Å². The molecular weight excluding hydrogens is 372 g/mol. The molecule has 2 atom stereocenters. The van der Waals surface area contributed by atoms with E-state index in [0.717, 1.165) is 38.0 Å². The fourth-order valence-electron chi connectivity index (χ4n) is 4.64. The molecule has 144 valence electrons. The number of ether oxygens (including phenoxy) is 1. The molecular formula is C21H22N4O2S. The van der Waals surface area contributed by atoms with Gasteiger partial charge in [0.2, 0.25) is 0 Å². The Bertz CT molecular complexity index is 898. The van der Waals surface area contributed by atoms with Crippen LogP contribution >= 0.6 is 12.2 Å². The molecule has 2 aliphatic heterocycles. The SMILES string of the molecule is O=C1O[C@H]2Cc3ccccc3[C@H]2N1C1CCN(C(=S)Nc2cccnc2)CC1. The molecule has 7 heteroatoms. The number of carbonyl (C=O) groups is 1. The number of aromatic nitrogens is 1. The van der Waals surface area contributed by atoms with Gasteiger partial charge in [0, 0.05) is 31.7 Å². The monoisotopic (exact) mass is 394 g/mol. The van der Waals surface area contributed by atoms with Crippen LogP contribution < -0.4 is 5.32 Å². The lowest BCUT2D eigenvalue weighted by atomic mass is 9.99. The molecule has 28 heavy (non-hydrogen) atoms. The third-order valence-electron chi connectivity index (χ3n) is 5.97. The zero-order valence-corrected chi connectivity index (χ0v) is 16.3. The normalized spacial score (nSPS) is 23.9. The number of likely N-dealkylation sites (tertiary alicyclic amines) is 1. The van der Waals surface area contributed by atoms with Gasteiger partial charge in [-0.1, -0.05) is 24.3 Å². The average Bonchev–Trinajstić information content (AvgIpc) is 3.23. The Morgan fingerprint density at radius 2 is 2.00 bits per heavy atom. The van der Waals surface area contributed by atoms with E-state index in [1.807, 2.05) is 23.1 Å². The second kappa shape index (κ2) is 7.05. The Morgan fingerprint density at radius 3 is 2.79 bits per heavy atom. The molecule has 0 unspecified atom stereocenters. The first-order valence-electron chi connectivity index (χ1n) is 9.73. The van der Waals surface area contributed by atoms with E-state index >= 15 is 0 Å². The van der Waals surface area contributed by atoms with Gasteiger partial charge in [-0.2, -0.15) is 0 Å². The van der Waals surface area contributed by atoms with Crippen molar-refractivity contribution in [2.75, 3.05) is 18.4 Å². The fraction of sp³-hybridized carbons (Fsp3) is 0.381. The summed E-state index contributed by atoms with van der Waals surface area (Å²) in [5, 5.41) is 3.95. The summed E-state index contributed by atoms with van der Waals surface area (Å²) in [6.45, 7) is 1.64. The van der Waals surface area contributed by atoms with Gasteiger partial charge in [-0.3, -0.25) is 9.88 Å². The van der Waals surface area contributed by atoms with E-state index in [2.05, 4.69) is 33.4 Å². The fourth-order valence-corrected chi connectivity index (χ4v) is 4.94. The number of carbonyl (C=O) groups excluding carboxylic acids is 1. The van der Waals surface area contributed by atoms with Gasteiger partial charge in [-0.15, -0.1) is 0 Å². The van der Waals surface area contributed by atoms with E-state index in [-0.39, 0.29) is 24.3 Å². The van der Waals surface area contributed by atoms with Crippen molar-refractivity contribution in [2.24, 2.45) is 0 Å². The highest BCUT2D eigenvalue weighted by atomic mass is 32.1. The van der Waals surface area contributed by atoms with E-state index in [1.54, 1.807) is 12.4 Å². The molecule has 1 aliphatic carbocycles. The Labute approximate surface area is 169 Å². The van der Waals surface area contributed by atoms with Crippen LogP contribution in [0.2, 0.25) is 0 Å². The number of anilines is 1. The molecule has 0 bridgehead atoms. The minimum Gasteiger partial charge on any atom is -0.443 e. The van der Waals surface area contributed by atoms with Crippen LogP contribution in [0.3, 0.4) is 0 Å². The summed E-state index contributed by atoms with van der Waals surface area (Å²) < 4.78 is 5.72. The predicted molar refractivity (Wildman–Crippen MR) is 110 cm³/mol. The van der Waals surface area contributed by atoms with Gasteiger partial charge < -0.3 is 15.0 Å². The molecule has 1 aromatic carbocycles. The van der Waals surface area contributed by atoms with Crippen LogP contribution in [0, 0.1) is 0 Å². The standard InChI is InChI=1S/C21H22N4O2S/c26-21-25(19-17-6-2-1-4-14(17)12-18(19)27-21)16-7-10-24(11-8-16)20(28)23-15-5-3-9-22-13-15/h1-6,9,13,16,18-19H,7-8,10-12H2,(H,23,28)/t18-,19+/m0/s1. The number of nitrogens with zero attached hydrogens (tertiary/aromatic N) is 3. The highest BCUT2D eigenvalue weighted by Gasteiger charge is 2.50. The molecule has 2 fully saturated rings.